The second-order valence-corrected chi connectivity index (χ2v) is 19.0. The average Bonchev–Trinajstić information content (AvgIpc) is 3.52. The summed E-state index contributed by atoms with van der Waals surface area (Å²) in [5.74, 6) is -5.90. The summed E-state index contributed by atoms with van der Waals surface area (Å²) in [6.07, 6.45) is 6.64. The third kappa shape index (κ3) is 9.07. The number of ether oxygens (including phenoxy) is 5. The molecule has 4 saturated heterocycles. The Kier molecular flexibility index (Phi) is 14.9. The van der Waals surface area contributed by atoms with E-state index >= 15 is 0 Å². The first-order chi connectivity index (χ1) is 27.2. The minimum Gasteiger partial charge on any atom is -0.481 e. The maximum atomic E-state index is 14.6. The van der Waals surface area contributed by atoms with E-state index in [1.54, 1.807) is 6.92 Å². The Balaban J connectivity index is 1.38. The Morgan fingerprint density at radius 3 is 2.17 bits per heavy atom. The Labute approximate surface area is 347 Å². The highest BCUT2D eigenvalue weighted by molar-refractivity contribution is 5.84. The van der Waals surface area contributed by atoms with Crippen LogP contribution in [0.2, 0.25) is 0 Å². The summed E-state index contributed by atoms with van der Waals surface area (Å²) in [5.41, 5.74) is -1.68. The fraction of sp³-hybridized carbons (Fsp3) is 0.889. The number of carboxylic acid groups (broad SMARTS) is 1. The zero-order valence-electron chi connectivity index (χ0n) is 37.1. The summed E-state index contributed by atoms with van der Waals surface area (Å²) in [4.78, 5) is 39.6. The fourth-order valence-corrected chi connectivity index (χ4v) is 11.0. The molecule has 332 valence electrons. The van der Waals surface area contributed by atoms with Gasteiger partial charge in [0, 0.05) is 36.6 Å². The van der Waals surface area contributed by atoms with E-state index in [0.29, 0.717) is 64.3 Å². The van der Waals surface area contributed by atoms with Gasteiger partial charge in [-0.15, -0.1) is 0 Å². The molecule has 0 aromatic heterocycles. The summed E-state index contributed by atoms with van der Waals surface area (Å²) >= 11 is 0. The van der Waals surface area contributed by atoms with Crippen molar-refractivity contribution in [3.8, 4) is 0 Å². The summed E-state index contributed by atoms with van der Waals surface area (Å²) in [7, 11) is 0. The van der Waals surface area contributed by atoms with Gasteiger partial charge in [0.2, 0.25) is 0 Å². The van der Waals surface area contributed by atoms with E-state index in [1.165, 1.54) is 0 Å². The molecule has 0 saturated carbocycles. The van der Waals surface area contributed by atoms with Crippen LogP contribution in [0.4, 0.5) is 4.79 Å². The van der Waals surface area contributed by atoms with Crippen LogP contribution in [-0.4, -0.2) is 105 Å². The van der Waals surface area contributed by atoms with E-state index in [0.717, 1.165) is 6.42 Å². The number of carbonyl (C=O) groups excluding carboxylic acids is 2. The predicted molar refractivity (Wildman–Crippen MR) is 219 cm³/mol. The Hall–Kier alpha value is -2.13. The van der Waals surface area contributed by atoms with E-state index < -0.39 is 76.8 Å². The summed E-state index contributed by atoms with van der Waals surface area (Å²) in [5, 5.41) is 38.7. The van der Waals surface area contributed by atoms with Crippen molar-refractivity contribution >= 4 is 17.8 Å². The van der Waals surface area contributed by atoms with Crippen molar-refractivity contribution in [3.63, 3.8) is 0 Å². The number of amides is 2. The largest absolute Gasteiger partial charge is 0.481 e. The molecule has 0 radical (unpaired) electrons. The summed E-state index contributed by atoms with van der Waals surface area (Å²) < 4.78 is 34.3. The van der Waals surface area contributed by atoms with Crippen LogP contribution in [0.25, 0.3) is 0 Å². The SMILES string of the molecule is CCNC(=O)N[C@@H]1C=C[C@]2(O[C@H](C(CC)C(=O)[C@@H](C)[C@@H](O)[C@H](C)[C@@H]3O[C@@H]([C@@H](CC)C(=O)O)CC[C@@H]3C)[C@@H](C)C[C@H]2C)O[C@@]12CC[C@@](C)([C@H]1CC[C@](O)(CC)[C@H](C)O1)O2. The molecular weight excluding hydrogens is 744 g/mol. The van der Waals surface area contributed by atoms with E-state index in [1.807, 2.05) is 60.6 Å². The quantitative estimate of drug-likeness (QED) is 0.121. The molecule has 0 aliphatic carbocycles. The highest BCUT2D eigenvalue weighted by Crippen LogP contribution is 2.54. The van der Waals surface area contributed by atoms with Gasteiger partial charge in [-0.05, 0) is 96.5 Å². The molecule has 0 bridgehead atoms. The number of hydrogen-bond acceptors (Lipinski definition) is 10. The maximum Gasteiger partial charge on any atom is 0.315 e. The third-order valence-corrected chi connectivity index (χ3v) is 15.1. The van der Waals surface area contributed by atoms with Crippen LogP contribution in [-0.2, 0) is 33.3 Å². The van der Waals surface area contributed by atoms with Crippen LogP contribution in [0.3, 0.4) is 0 Å². The molecule has 5 aliphatic rings. The van der Waals surface area contributed by atoms with Gasteiger partial charge in [-0.1, -0.05) is 61.5 Å². The molecule has 13 heteroatoms. The number of ketones is 1. The lowest BCUT2D eigenvalue weighted by Gasteiger charge is -2.55. The average molecular weight is 821 g/mol. The van der Waals surface area contributed by atoms with Crippen LogP contribution in [0.1, 0.15) is 140 Å². The van der Waals surface area contributed by atoms with Gasteiger partial charge >= 0.3 is 12.0 Å². The van der Waals surface area contributed by atoms with Crippen LogP contribution in [0, 0.1) is 41.4 Å². The molecule has 0 aromatic carbocycles. The van der Waals surface area contributed by atoms with Gasteiger partial charge in [0.15, 0.2) is 11.6 Å². The van der Waals surface area contributed by atoms with Gasteiger partial charge in [-0.2, -0.15) is 0 Å². The van der Waals surface area contributed by atoms with Crippen molar-refractivity contribution in [3.05, 3.63) is 12.2 Å². The number of aliphatic hydroxyl groups is 2. The number of urea groups is 1. The fourth-order valence-electron chi connectivity index (χ4n) is 11.0. The van der Waals surface area contributed by atoms with Crippen LogP contribution < -0.4 is 10.6 Å². The lowest BCUT2D eigenvalue weighted by atomic mass is 9.72. The zero-order chi connectivity index (χ0) is 43.0. The number of aliphatic hydroxyl groups excluding tert-OH is 1. The molecule has 1 unspecified atom stereocenters. The smallest absolute Gasteiger partial charge is 0.315 e. The molecule has 5 rings (SSSR count). The number of rotatable bonds is 14. The molecule has 0 aromatic rings. The van der Waals surface area contributed by atoms with Gasteiger partial charge in [-0.25, -0.2) is 4.79 Å². The van der Waals surface area contributed by atoms with Crippen molar-refractivity contribution in [1.82, 2.24) is 10.6 Å². The number of nitrogens with one attached hydrogen (secondary N) is 2. The number of aliphatic carboxylic acids is 1. The van der Waals surface area contributed by atoms with E-state index in [2.05, 4.69) is 31.4 Å². The van der Waals surface area contributed by atoms with Crippen LogP contribution in [0.5, 0.6) is 0 Å². The Morgan fingerprint density at radius 1 is 0.879 bits per heavy atom. The highest BCUT2D eigenvalue weighted by Gasteiger charge is 2.63. The number of carbonyl (C=O) groups is 3. The van der Waals surface area contributed by atoms with E-state index in [9.17, 15) is 29.7 Å². The highest BCUT2D eigenvalue weighted by atomic mass is 16.8. The number of hydrogen-bond donors (Lipinski definition) is 5. The first-order valence-corrected chi connectivity index (χ1v) is 22.5. The summed E-state index contributed by atoms with van der Waals surface area (Å²) in [6, 6.07) is -0.997. The summed E-state index contributed by atoms with van der Waals surface area (Å²) in [6.45, 7) is 22.0. The van der Waals surface area contributed by atoms with Crippen LogP contribution in [0.15, 0.2) is 12.2 Å². The topological polar surface area (TPSA) is 182 Å². The van der Waals surface area contributed by atoms with Gasteiger partial charge in [-0.3, -0.25) is 9.59 Å². The van der Waals surface area contributed by atoms with Crippen molar-refractivity contribution in [2.45, 2.75) is 206 Å². The minimum absolute atomic E-state index is 0.0101. The molecular formula is C45H76N2O11. The van der Waals surface area contributed by atoms with Gasteiger partial charge < -0.3 is 49.6 Å². The molecule has 13 nitrogen and oxygen atoms in total. The lowest BCUT2D eigenvalue weighted by molar-refractivity contribution is -0.397. The van der Waals surface area contributed by atoms with Gasteiger partial charge in [0.25, 0.3) is 0 Å². The number of Topliss-reactive ketones (excluding diaryl/α,β-unsaturated/α-hetero) is 1. The van der Waals surface area contributed by atoms with E-state index in [4.69, 9.17) is 23.7 Å². The van der Waals surface area contributed by atoms with Gasteiger partial charge in [0.05, 0.1) is 53.7 Å². The molecule has 5 N–H and O–H groups in total. The Morgan fingerprint density at radius 2 is 1.57 bits per heavy atom. The minimum atomic E-state index is -1.31. The second-order valence-electron chi connectivity index (χ2n) is 19.0. The first-order valence-electron chi connectivity index (χ1n) is 22.5. The molecule has 58 heavy (non-hydrogen) atoms. The monoisotopic (exact) mass is 821 g/mol. The molecule has 5 aliphatic heterocycles. The number of carboxylic acids is 1. The molecule has 2 amide bonds. The van der Waals surface area contributed by atoms with Crippen molar-refractivity contribution < 1.29 is 53.4 Å². The molecule has 4 fully saturated rings. The molecule has 18 atom stereocenters. The predicted octanol–water partition coefficient (Wildman–Crippen LogP) is 6.51. The van der Waals surface area contributed by atoms with E-state index in [-0.39, 0.29) is 47.9 Å². The zero-order valence-corrected chi connectivity index (χ0v) is 37.1. The van der Waals surface area contributed by atoms with Crippen LogP contribution >= 0.6 is 0 Å². The van der Waals surface area contributed by atoms with Crippen molar-refractivity contribution in [1.29, 1.82) is 0 Å². The lowest BCUT2D eigenvalue weighted by Crippen LogP contribution is -2.66. The second kappa shape index (κ2) is 18.5. The molecule has 2 spiro atoms. The molecule has 5 heterocycles. The maximum absolute atomic E-state index is 14.6. The Bertz CT molecular complexity index is 1480. The normalized spacial score (nSPS) is 43.0. The first kappa shape index (κ1) is 46.9. The van der Waals surface area contributed by atoms with Gasteiger partial charge in [0.1, 0.15) is 11.8 Å². The van der Waals surface area contributed by atoms with Crippen molar-refractivity contribution in [2.75, 3.05) is 6.54 Å². The van der Waals surface area contributed by atoms with Crippen molar-refractivity contribution in [2.24, 2.45) is 41.4 Å². The standard InChI is InChI=1S/C45H76N2O11/c1-12-31(40(50)51)33-17-16-25(5)38(55-33)29(9)36(48)28(8)37(49)32(13-2)39-26(6)24-27(7)44(56-39)21-18-34(47-41(52)46-15-4)45(58-44)23-22-42(11,57-45)35-19-20-43(53,14-3)30(10)54-35/h18,21,25-36,38-39,48,53H,12-17,19-20,22-24H2,1-11H3,(H,50,51)(H2,46,47,52)/t25-,26-,27+,28-,29-,30-,31+,32?,33+,34+,35+,36+,38+,39-,42-,43+,44-,45-/m0/s1. The third-order valence-electron chi connectivity index (χ3n) is 15.1.